The SMILES string of the molecule is C[C@H](OC(=O)c1cc(S(N)(=O)=O)ccc1Cl)C(=O)c1ccc(F)cc1. The second-order valence-corrected chi connectivity index (χ2v) is 7.07. The molecular weight excluding hydrogens is 373 g/mol. The molecular formula is C16H13ClFNO5S. The molecule has 1 atom stereocenters. The van der Waals surface area contributed by atoms with E-state index in [4.69, 9.17) is 21.5 Å². The first-order valence-corrected chi connectivity index (χ1v) is 8.85. The molecule has 2 aromatic rings. The number of ketones is 1. The number of hydrogen-bond donors (Lipinski definition) is 1. The lowest BCUT2D eigenvalue weighted by molar-refractivity contribution is 0.0318. The molecule has 132 valence electrons. The van der Waals surface area contributed by atoms with E-state index >= 15 is 0 Å². The summed E-state index contributed by atoms with van der Waals surface area (Å²) in [5.74, 6) is -2.04. The Bertz CT molecular complexity index is 928. The summed E-state index contributed by atoms with van der Waals surface area (Å²) in [5, 5.41) is 4.95. The van der Waals surface area contributed by atoms with Crippen LogP contribution in [0.25, 0.3) is 0 Å². The number of nitrogens with two attached hydrogens (primary N) is 1. The van der Waals surface area contributed by atoms with Crippen LogP contribution in [0.4, 0.5) is 4.39 Å². The molecule has 2 N–H and O–H groups in total. The summed E-state index contributed by atoms with van der Waals surface area (Å²) in [6, 6.07) is 8.02. The third-order valence-electron chi connectivity index (χ3n) is 3.27. The zero-order valence-electron chi connectivity index (χ0n) is 12.9. The van der Waals surface area contributed by atoms with Crippen molar-refractivity contribution < 1.29 is 27.1 Å². The van der Waals surface area contributed by atoms with Gasteiger partial charge in [0.1, 0.15) is 5.82 Å². The van der Waals surface area contributed by atoms with Gasteiger partial charge in [0, 0.05) is 5.56 Å². The summed E-state index contributed by atoms with van der Waals surface area (Å²) in [5.41, 5.74) is -0.0852. The van der Waals surface area contributed by atoms with Gasteiger partial charge in [-0.1, -0.05) is 11.6 Å². The number of benzene rings is 2. The molecule has 0 aromatic heterocycles. The standard InChI is InChI=1S/C16H13ClFNO5S/c1-9(15(20)10-2-4-11(18)5-3-10)24-16(21)13-8-12(25(19,22)23)6-7-14(13)17/h2-9H,1H3,(H2,19,22,23)/t9-/m0/s1. The van der Waals surface area contributed by atoms with Crippen LogP contribution in [0.2, 0.25) is 5.02 Å². The van der Waals surface area contributed by atoms with Crippen LogP contribution in [0.5, 0.6) is 0 Å². The van der Waals surface area contributed by atoms with Gasteiger partial charge < -0.3 is 4.74 Å². The summed E-state index contributed by atoms with van der Waals surface area (Å²) < 4.78 is 40.6. The molecule has 2 rings (SSSR count). The Kier molecular flexibility index (Phi) is 5.56. The molecule has 0 radical (unpaired) electrons. The van der Waals surface area contributed by atoms with Crippen LogP contribution in [-0.2, 0) is 14.8 Å². The fourth-order valence-electron chi connectivity index (χ4n) is 1.96. The predicted molar refractivity (Wildman–Crippen MR) is 88.4 cm³/mol. The normalized spacial score (nSPS) is 12.5. The summed E-state index contributed by atoms with van der Waals surface area (Å²) in [7, 11) is -4.04. The number of hydrogen-bond acceptors (Lipinski definition) is 5. The van der Waals surface area contributed by atoms with Gasteiger partial charge in [0.2, 0.25) is 15.8 Å². The summed E-state index contributed by atoms with van der Waals surface area (Å²) >= 11 is 5.88. The maximum Gasteiger partial charge on any atom is 0.340 e. The van der Waals surface area contributed by atoms with Crippen LogP contribution in [0, 0.1) is 5.82 Å². The zero-order chi connectivity index (χ0) is 18.8. The topological polar surface area (TPSA) is 104 Å². The lowest BCUT2D eigenvalue weighted by Gasteiger charge is -2.13. The van der Waals surface area contributed by atoms with E-state index in [9.17, 15) is 22.4 Å². The van der Waals surface area contributed by atoms with E-state index < -0.39 is 33.7 Å². The number of ether oxygens (including phenoxy) is 1. The van der Waals surface area contributed by atoms with Crippen molar-refractivity contribution in [2.24, 2.45) is 5.14 Å². The first kappa shape index (κ1) is 19.0. The van der Waals surface area contributed by atoms with Crippen molar-refractivity contribution in [2.45, 2.75) is 17.9 Å². The average molecular weight is 386 g/mol. The van der Waals surface area contributed by atoms with E-state index in [-0.39, 0.29) is 21.0 Å². The third kappa shape index (κ3) is 4.62. The highest BCUT2D eigenvalue weighted by Gasteiger charge is 2.23. The molecule has 0 fully saturated rings. The Morgan fingerprint density at radius 3 is 2.32 bits per heavy atom. The second-order valence-electron chi connectivity index (χ2n) is 5.11. The predicted octanol–water partition coefficient (Wildman–Crippen LogP) is 2.55. The van der Waals surface area contributed by atoms with Gasteiger partial charge >= 0.3 is 5.97 Å². The molecule has 6 nitrogen and oxygen atoms in total. The molecule has 0 bridgehead atoms. The maximum absolute atomic E-state index is 12.9. The zero-order valence-corrected chi connectivity index (χ0v) is 14.5. The van der Waals surface area contributed by atoms with Crippen molar-refractivity contribution in [1.82, 2.24) is 0 Å². The number of rotatable bonds is 5. The van der Waals surface area contributed by atoms with Gasteiger partial charge in [-0.15, -0.1) is 0 Å². The minimum Gasteiger partial charge on any atom is -0.451 e. The molecule has 0 aliphatic rings. The highest BCUT2D eigenvalue weighted by atomic mass is 35.5. The molecule has 0 saturated carbocycles. The number of esters is 1. The molecule has 0 aliphatic carbocycles. The first-order valence-electron chi connectivity index (χ1n) is 6.92. The van der Waals surface area contributed by atoms with Crippen molar-refractivity contribution in [1.29, 1.82) is 0 Å². The smallest absolute Gasteiger partial charge is 0.340 e. The van der Waals surface area contributed by atoms with Gasteiger partial charge in [-0.2, -0.15) is 0 Å². The molecule has 0 unspecified atom stereocenters. The highest BCUT2D eigenvalue weighted by Crippen LogP contribution is 2.21. The number of Topliss-reactive ketones (excluding diaryl/α,β-unsaturated/α-hetero) is 1. The number of primary sulfonamides is 1. The number of carbonyl (C=O) groups is 2. The van der Waals surface area contributed by atoms with Crippen molar-refractivity contribution in [3.63, 3.8) is 0 Å². The van der Waals surface area contributed by atoms with E-state index in [1.54, 1.807) is 0 Å². The van der Waals surface area contributed by atoms with Gasteiger partial charge in [-0.05, 0) is 49.4 Å². The van der Waals surface area contributed by atoms with Crippen LogP contribution >= 0.6 is 11.6 Å². The Hall–Kier alpha value is -2.29. The largest absolute Gasteiger partial charge is 0.451 e. The molecule has 0 heterocycles. The number of halogens is 2. The molecule has 0 amide bonds. The average Bonchev–Trinajstić information content (AvgIpc) is 2.54. The Labute approximate surface area is 148 Å². The van der Waals surface area contributed by atoms with Crippen molar-refractivity contribution in [3.8, 4) is 0 Å². The number of carbonyl (C=O) groups excluding carboxylic acids is 2. The van der Waals surface area contributed by atoms with Gasteiger partial charge in [-0.3, -0.25) is 4.79 Å². The fourth-order valence-corrected chi connectivity index (χ4v) is 2.70. The van der Waals surface area contributed by atoms with Crippen LogP contribution in [-0.4, -0.2) is 26.3 Å². The molecule has 0 aliphatic heterocycles. The highest BCUT2D eigenvalue weighted by molar-refractivity contribution is 7.89. The van der Waals surface area contributed by atoms with Gasteiger partial charge in [0.15, 0.2) is 6.10 Å². The fraction of sp³-hybridized carbons (Fsp3) is 0.125. The lowest BCUT2D eigenvalue weighted by Crippen LogP contribution is -2.25. The second kappa shape index (κ2) is 7.30. The Morgan fingerprint density at radius 2 is 1.76 bits per heavy atom. The third-order valence-corrected chi connectivity index (χ3v) is 4.51. The summed E-state index contributed by atoms with van der Waals surface area (Å²) in [6.45, 7) is 1.33. The monoisotopic (exact) mass is 385 g/mol. The van der Waals surface area contributed by atoms with Gasteiger partial charge in [0.05, 0.1) is 15.5 Å². The van der Waals surface area contributed by atoms with Gasteiger partial charge in [-0.25, -0.2) is 22.7 Å². The van der Waals surface area contributed by atoms with Crippen LogP contribution in [0.1, 0.15) is 27.6 Å². The van der Waals surface area contributed by atoms with Crippen LogP contribution in [0.3, 0.4) is 0 Å². The quantitative estimate of drug-likeness (QED) is 0.629. The van der Waals surface area contributed by atoms with Gasteiger partial charge in [0.25, 0.3) is 0 Å². The minimum atomic E-state index is -4.04. The Balaban J connectivity index is 2.21. The summed E-state index contributed by atoms with van der Waals surface area (Å²) in [4.78, 5) is 24.1. The van der Waals surface area contributed by atoms with E-state index in [1.165, 1.54) is 25.1 Å². The van der Waals surface area contributed by atoms with Crippen LogP contribution < -0.4 is 5.14 Å². The Morgan fingerprint density at radius 1 is 1.16 bits per heavy atom. The molecule has 25 heavy (non-hydrogen) atoms. The van der Waals surface area contributed by atoms with E-state index in [0.717, 1.165) is 24.3 Å². The van der Waals surface area contributed by atoms with E-state index in [0.29, 0.717) is 0 Å². The van der Waals surface area contributed by atoms with Crippen molar-refractivity contribution in [2.75, 3.05) is 0 Å². The minimum absolute atomic E-state index is 0.0566. The van der Waals surface area contributed by atoms with Crippen LogP contribution in [0.15, 0.2) is 47.4 Å². The van der Waals surface area contributed by atoms with E-state index in [2.05, 4.69) is 0 Å². The lowest BCUT2D eigenvalue weighted by atomic mass is 10.1. The molecule has 2 aromatic carbocycles. The number of sulfonamides is 1. The maximum atomic E-state index is 12.9. The molecule has 0 saturated heterocycles. The van der Waals surface area contributed by atoms with Crippen molar-refractivity contribution in [3.05, 3.63) is 64.4 Å². The molecule has 9 heteroatoms. The first-order chi connectivity index (χ1) is 11.6. The van der Waals surface area contributed by atoms with E-state index in [1.807, 2.05) is 0 Å². The summed E-state index contributed by atoms with van der Waals surface area (Å²) in [6.07, 6.45) is -1.19. The molecule has 0 spiro atoms. The van der Waals surface area contributed by atoms with Crippen molar-refractivity contribution >= 4 is 33.4 Å².